The van der Waals surface area contributed by atoms with Crippen LogP contribution in [0.1, 0.15) is 17.5 Å². The minimum Gasteiger partial charge on any atom is -0.444 e. The van der Waals surface area contributed by atoms with Gasteiger partial charge in [-0.25, -0.2) is 4.79 Å². The third-order valence-corrected chi connectivity index (χ3v) is 4.34. The molecule has 1 saturated heterocycles. The van der Waals surface area contributed by atoms with Crippen molar-refractivity contribution in [2.24, 2.45) is 0 Å². The maximum atomic E-state index is 12.1. The van der Waals surface area contributed by atoms with E-state index in [1.165, 1.54) is 0 Å². The molecule has 5 nitrogen and oxygen atoms in total. The zero-order valence-electron chi connectivity index (χ0n) is 14.3. The number of ether oxygens (including phenoxy) is 1. The fourth-order valence-electron chi connectivity index (χ4n) is 2.91. The lowest BCUT2D eigenvalue weighted by molar-refractivity contribution is -0.120. The Morgan fingerprint density at radius 2 is 1.88 bits per heavy atom. The Hall–Kier alpha value is -2.82. The number of amides is 2. The predicted molar refractivity (Wildman–Crippen MR) is 96.6 cm³/mol. The van der Waals surface area contributed by atoms with Gasteiger partial charge in [0.2, 0.25) is 5.91 Å². The number of anilines is 1. The topological polar surface area (TPSA) is 58.6 Å². The van der Waals surface area contributed by atoms with E-state index in [0.29, 0.717) is 25.9 Å². The summed E-state index contributed by atoms with van der Waals surface area (Å²) in [5, 5.41) is 2.91. The molecule has 1 heterocycles. The number of hydrogen-bond donors (Lipinski definition) is 1. The average molecular weight is 338 g/mol. The van der Waals surface area contributed by atoms with Crippen LogP contribution in [0.15, 0.2) is 54.6 Å². The average Bonchev–Trinajstić information content (AvgIpc) is 2.98. The Morgan fingerprint density at radius 3 is 2.64 bits per heavy atom. The molecule has 2 amide bonds. The summed E-state index contributed by atoms with van der Waals surface area (Å²) >= 11 is 0. The third-order valence-electron chi connectivity index (χ3n) is 4.34. The smallest absolute Gasteiger partial charge is 0.414 e. The van der Waals surface area contributed by atoms with Gasteiger partial charge in [-0.2, -0.15) is 0 Å². The first kappa shape index (κ1) is 17.0. The van der Waals surface area contributed by atoms with Gasteiger partial charge in [-0.1, -0.05) is 42.5 Å². The van der Waals surface area contributed by atoms with Gasteiger partial charge in [-0.15, -0.1) is 0 Å². The molecule has 0 saturated carbocycles. The van der Waals surface area contributed by atoms with E-state index in [-0.39, 0.29) is 18.1 Å². The largest absolute Gasteiger partial charge is 0.444 e. The highest BCUT2D eigenvalue weighted by Gasteiger charge is 2.31. The van der Waals surface area contributed by atoms with Crippen molar-refractivity contribution in [2.75, 3.05) is 18.0 Å². The van der Waals surface area contributed by atoms with Gasteiger partial charge >= 0.3 is 6.09 Å². The van der Waals surface area contributed by atoms with Gasteiger partial charge < -0.3 is 10.1 Å². The summed E-state index contributed by atoms with van der Waals surface area (Å²) in [7, 11) is 0. The molecule has 1 aliphatic heterocycles. The number of para-hydroxylation sites is 1. The normalized spacial score (nSPS) is 16.6. The van der Waals surface area contributed by atoms with E-state index in [0.717, 1.165) is 16.8 Å². The molecule has 0 aromatic heterocycles. The molecule has 0 bridgehead atoms. The molecule has 1 atom stereocenters. The molecule has 25 heavy (non-hydrogen) atoms. The first-order valence-corrected chi connectivity index (χ1v) is 8.48. The molecule has 1 aliphatic rings. The molecular weight excluding hydrogens is 316 g/mol. The molecule has 130 valence electrons. The van der Waals surface area contributed by atoms with E-state index in [2.05, 4.69) is 5.32 Å². The molecule has 1 fully saturated rings. The van der Waals surface area contributed by atoms with Crippen molar-refractivity contribution in [3.63, 3.8) is 0 Å². The lowest BCUT2D eigenvalue weighted by atomic mass is 10.1. The molecule has 2 aromatic carbocycles. The molecular formula is C20H22N2O3. The SMILES string of the molecule is Cc1ccccc1CC(=O)NCCC1CN(c2ccccc2)C(=O)O1. The van der Waals surface area contributed by atoms with Crippen molar-refractivity contribution in [3.8, 4) is 0 Å². The standard InChI is InChI=1S/C20H22N2O3/c1-15-7-5-6-8-16(15)13-19(23)21-12-11-18-14-22(20(24)25-18)17-9-3-2-4-10-17/h2-10,18H,11-14H2,1H3,(H,21,23). The lowest BCUT2D eigenvalue weighted by Gasteiger charge is -2.12. The monoisotopic (exact) mass is 338 g/mol. The van der Waals surface area contributed by atoms with Gasteiger partial charge in [-0.3, -0.25) is 9.69 Å². The van der Waals surface area contributed by atoms with Gasteiger partial charge in [0.15, 0.2) is 0 Å². The number of hydrogen-bond acceptors (Lipinski definition) is 3. The van der Waals surface area contributed by atoms with E-state index in [9.17, 15) is 9.59 Å². The van der Waals surface area contributed by atoms with Crippen LogP contribution in [-0.4, -0.2) is 31.2 Å². The third kappa shape index (κ3) is 4.38. The zero-order chi connectivity index (χ0) is 17.6. The molecule has 5 heteroatoms. The summed E-state index contributed by atoms with van der Waals surface area (Å²) in [5.41, 5.74) is 2.97. The number of aryl methyl sites for hydroxylation is 1. The molecule has 3 rings (SSSR count). The molecule has 0 spiro atoms. The Bertz CT molecular complexity index is 746. The van der Waals surface area contributed by atoms with Gasteiger partial charge in [-0.05, 0) is 30.2 Å². The minimum atomic E-state index is -0.331. The van der Waals surface area contributed by atoms with Gasteiger partial charge in [0.25, 0.3) is 0 Å². The highest BCUT2D eigenvalue weighted by molar-refractivity contribution is 5.89. The second-order valence-electron chi connectivity index (χ2n) is 6.19. The van der Waals surface area contributed by atoms with Gasteiger partial charge in [0, 0.05) is 18.7 Å². The Labute approximate surface area is 147 Å². The van der Waals surface area contributed by atoms with Crippen molar-refractivity contribution in [3.05, 3.63) is 65.7 Å². The van der Waals surface area contributed by atoms with Crippen LogP contribution >= 0.6 is 0 Å². The quantitative estimate of drug-likeness (QED) is 0.881. The molecule has 0 radical (unpaired) electrons. The Kier molecular flexibility index (Phi) is 5.33. The Morgan fingerprint density at radius 1 is 1.16 bits per heavy atom. The summed E-state index contributed by atoms with van der Waals surface area (Å²) in [4.78, 5) is 25.7. The molecule has 2 aromatic rings. The van der Waals surface area contributed by atoms with E-state index >= 15 is 0 Å². The van der Waals surface area contributed by atoms with Crippen LogP contribution in [0.2, 0.25) is 0 Å². The fourth-order valence-corrected chi connectivity index (χ4v) is 2.91. The molecule has 1 unspecified atom stereocenters. The summed E-state index contributed by atoms with van der Waals surface area (Å²) in [6.45, 7) is 3.00. The van der Waals surface area contributed by atoms with Crippen molar-refractivity contribution < 1.29 is 14.3 Å². The predicted octanol–water partition coefficient (Wildman–Crippen LogP) is 3.07. The number of carbonyl (C=O) groups is 2. The highest BCUT2D eigenvalue weighted by Crippen LogP contribution is 2.22. The van der Waals surface area contributed by atoms with Crippen LogP contribution < -0.4 is 10.2 Å². The van der Waals surface area contributed by atoms with Crippen molar-refractivity contribution in [1.82, 2.24) is 5.32 Å². The fraction of sp³-hybridized carbons (Fsp3) is 0.300. The van der Waals surface area contributed by atoms with Crippen molar-refractivity contribution in [1.29, 1.82) is 0 Å². The number of nitrogens with zero attached hydrogens (tertiary/aromatic N) is 1. The second kappa shape index (κ2) is 7.83. The van der Waals surface area contributed by atoms with Crippen LogP contribution in [0.25, 0.3) is 0 Å². The molecule has 1 N–H and O–H groups in total. The summed E-state index contributed by atoms with van der Waals surface area (Å²) in [6, 6.07) is 17.3. The lowest BCUT2D eigenvalue weighted by Crippen LogP contribution is -2.30. The summed E-state index contributed by atoms with van der Waals surface area (Å²) < 4.78 is 5.38. The highest BCUT2D eigenvalue weighted by atomic mass is 16.6. The number of benzene rings is 2. The van der Waals surface area contributed by atoms with Crippen LogP contribution in [-0.2, 0) is 16.0 Å². The number of rotatable bonds is 6. The Balaban J connectivity index is 1.44. The van der Waals surface area contributed by atoms with E-state index < -0.39 is 0 Å². The van der Waals surface area contributed by atoms with Crippen LogP contribution in [0, 0.1) is 6.92 Å². The van der Waals surface area contributed by atoms with Gasteiger partial charge in [0.1, 0.15) is 6.10 Å². The zero-order valence-corrected chi connectivity index (χ0v) is 14.3. The molecule has 0 aliphatic carbocycles. The first-order valence-electron chi connectivity index (χ1n) is 8.48. The summed E-state index contributed by atoms with van der Waals surface area (Å²) in [5.74, 6) is -0.0152. The van der Waals surface area contributed by atoms with Crippen molar-refractivity contribution >= 4 is 17.7 Å². The van der Waals surface area contributed by atoms with Crippen molar-refractivity contribution in [2.45, 2.75) is 25.9 Å². The van der Waals surface area contributed by atoms with Crippen LogP contribution in [0.5, 0.6) is 0 Å². The van der Waals surface area contributed by atoms with E-state index in [4.69, 9.17) is 4.74 Å². The maximum Gasteiger partial charge on any atom is 0.414 e. The van der Waals surface area contributed by atoms with Crippen LogP contribution in [0.4, 0.5) is 10.5 Å². The van der Waals surface area contributed by atoms with E-state index in [1.54, 1.807) is 4.90 Å². The second-order valence-corrected chi connectivity index (χ2v) is 6.19. The summed E-state index contributed by atoms with van der Waals surface area (Å²) in [6.07, 6.45) is 0.441. The minimum absolute atomic E-state index is 0.0152. The van der Waals surface area contributed by atoms with E-state index in [1.807, 2.05) is 61.5 Å². The maximum absolute atomic E-state index is 12.1. The first-order chi connectivity index (χ1) is 12.1. The van der Waals surface area contributed by atoms with Crippen LogP contribution in [0.3, 0.4) is 0 Å². The number of carbonyl (C=O) groups excluding carboxylic acids is 2. The number of cyclic esters (lactones) is 1. The number of nitrogens with one attached hydrogen (secondary N) is 1. The van der Waals surface area contributed by atoms with Gasteiger partial charge in [0.05, 0.1) is 13.0 Å².